The maximum Gasteiger partial charge on any atom is 0.334 e. The summed E-state index contributed by atoms with van der Waals surface area (Å²) in [5, 5.41) is 2.45. The molecule has 0 aromatic carbocycles. The van der Waals surface area contributed by atoms with Gasteiger partial charge in [0.15, 0.2) is 0 Å². The molecule has 78 valence electrons. The molecule has 0 bridgehead atoms. The number of nitrogens with one attached hydrogen (secondary N) is 1. The third-order valence-electron chi connectivity index (χ3n) is 1.17. The van der Waals surface area contributed by atoms with Crippen LogP contribution in [-0.4, -0.2) is 28.4 Å². The number of hydrogen-bond donors (Lipinski definition) is 3. The lowest BCUT2D eigenvalue weighted by atomic mass is 9.97. The van der Waals surface area contributed by atoms with Crippen LogP contribution in [0.3, 0.4) is 0 Å². The molecule has 0 spiro atoms. The first kappa shape index (κ1) is 12.6. The molecule has 13 heavy (non-hydrogen) atoms. The van der Waals surface area contributed by atoms with Gasteiger partial charge in [0, 0.05) is 6.54 Å². The first-order valence-electron chi connectivity index (χ1n) is 3.91. The molecular weight excluding hydrogens is 193 g/mol. The molecule has 6 heteroatoms. The fraction of sp³-hybridized carbons (Fsp3) is 0.857. The Morgan fingerprint density at radius 2 is 1.85 bits per heavy atom. The van der Waals surface area contributed by atoms with Crippen molar-refractivity contribution in [3.8, 4) is 0 Å². The molecule has 0 saturated carbocycles. The summed E-state index contributed by atoms with van der Waals surface area (Å²) in [6, 6.07) is 0. The van der Waals surface area contributed by atoms with Gasteiger partial charge in [-0.25, -0.2) is 0 Å². The van der Waals surface area contributed by atoms with Crippen molar-refractivity contribution in [3.05, 3.63) is 0 Å². The Bertz CT molecular complexity index is 227. The SMILES string of the molecule is CC(C)(C)CNC(=O)CP(=O)(O)O. The van der Waals surface area contributed by atoms with Crippen molar-refractivity contribution in [2.75, 3.05) is 12.7 Å². The molecule has 1 amide bonds. The highest BCUT2D eigenvalue weighted by Crippen LogP contribution is 2.33. The van der Waals surface area contributed by atoms with Gasteiger partial charge >= 0.3 is 7.60 Å². The average Bonchev–Trinajstić information content (AvgIpc) is 1.78. The number of hydrogen-bond acceptors (Lipinski definition) is 2. The Morgan fingerprint density at radius 1 is 1.38 bits per heavy atom. The molecule has 0 aromatic rings. The van der Waals surface area contributed by atoms with Crippen LogP contribution in [0.5, 0.6) is 0 Å². The summed E-state index contributed by atoms with van der Waals surface area (Å²) in [6.07, 6.45) is -0.733. The first-order chi connectivity index (χ1) is 5.60. The van der Waals surface area contributed by atoms with Crippen LogP contribution in [0.4, 0.5) is 0 Å². The summed E-state index contributed by atoms with van der Waals surface area (Å²) in [5.74, 6) is -0.608. The van der Waals surface area contributed by atoms with Crippen molar-refractivity contribution in [2.45, 2.75) is 20.8 Å². The van der Waals surface area contributed by atoms with E-state index in [1.165, 1.54) is 0 Å². The van der Waals surface area contributed by atoms with Crippen molar-refractivity contribution in [1.82, 2.24) is 5.32 Å². The smallest absolute Gasteiger partial charge is 0.334 e. The molecule has 3 N–H and O–H groups in total. The Hall–Kier alpha value is -0.380. The summed E-state index contributed by atoms with van der Waals surface area (Å²) in [7, 11) is -4.22. The summed E-state index contributed by atoms with van der Waals surface area (Å²) < 4.78 is 10.4. The third-order valence-corrected chi connectivity index (χ3v) is 1.86. The minimum atomic E-state index is -4.22. The molecule has 0 fully saturated rings. The van der Waals surface area contributed by atoms with Crippen molar-refractivity contribution >= 4 is 13.5 Å². The van der Waals surface area contributed by atoms with Crippen LogP contribution < -0.4 is 5.32 Å². The maximum atomic E-state index is 10.9. The van der Waals surface area contributed by atoms with E-state index in [2.05, 4.69) is 5.32 Å². The van der Waals surface area contributed by atoms with Crippen LogP contribution in [0.1, 0.15) is 20.8 Å². The normalized spacial score (nSPS) is 12.7. The zero-order chi connectivity index (χ0) is 10.7. The van der Waals surface area contributed by atoms with Gasteiger partial charge in [0.1, 0.15) is 6.16 Å². The maximum absolute atomic E-state index is 10.9. The molecule has 0 rings (SSSR count). The molecule has 5 nitrogen and oxygen atoms in total. The monoisotopic (exact) mass is 209 g/mol. The summed E-state index contributed by atoms with van der Waals surface area (Å²) in [6.45, 7) is 6.17. The quantitative estimate of drug-likeness (QED) is 0.584. The minimum Gasteiger partial charge on any atom is -0.355 e. The summed E-state index contributed by atoms with van der Waals surface area (Å²) in [5.41, 5.74) is -0.0788. The van der Waals surface area contributed by atoms with Crippen LogP contribution in [0, 0.1) is 5.41 Å². The largest absolute Gasteiger partial charge is 0.355 e. The van der Waals surface area contributed by atoms with Gasteiger partial charge in [-0.1, -0.05) is 20.8 Å². The number of amides is 1. The predicted octanol–water partition coefficient (Wildman–Crippen LogP) is 0.326. The van der Waals surface area contributed by atoms with Crippen molar-refractivity contribution in [3.63, 3.8) is 0 Å². The van der Waals surface area contributed by atoms with Gasteiger partial charge in [0.2, 0.25) is 5.91 Å². The van der Waals surface area contributed by atoms with E-state index < -0.39 is 19.7 Å². The molecule has 0 atom stereocenters. The molecule has 0 aliphatic rings. The van der Waals surface area contributed by atoms with Gasteiger partial charge in [-0.05, 0) is 5.41 Å². The van der Waals surface area contributed by atoms with E-state index in [4.69, 9.17) is 9.79 Å². The standard InChI is InChI=1S/C7H16NO4P/c1-7(2,3)5-8-6(9)4-13(10,11)12/h4-5H2,1-3H3,(H,8,9)(H2,10,11,12). The lowest BCUT2D eigenvalue weighted by Gasteiger charge is -2.18. The fourth-order valence-electron chi connectivity index (χ4n) is 0.607. The molecule has 0 aliphatic heterocycles. The van der Waals surface area contributed by atoms with E-state index in [0.717, 1.165) is 0 Å². The van der Waals surface area contributed by atoms with E-state index in [0.29, 0.717) is 6.54 Å². The predicted molar refractivity (Wildman–Crippen MR) is 49.4 cm³/mol. The fourth-order valence-corrected chi connectivity index (χ4v) is 1.09. The topological polar surface area (TPSA) is 86.6 Å². The van der Waals surface area contributed by atoms with Crippen molar-refractivity contribution in [2.24, 2.45) is 5.41 Å². The van der Waals surface area contributed by atoms with E-state index in [-0.39, 0.29) is 5.41 Å². The van der Waals surface area contributed by atoms with Gasteiger partial charge in [0.25, 0.3) is 0 Å². The highest BCUT2D eigenvalue weighted by atomic mass is 31.2. The molecule has 0 radical (unpaired) electrons. The second-order valence-corrected chi connectivity index (χ2v) is 5.81. The van der Waals surface area contributed by atoms with Crippen LogP contribution in [-0.2, 0) is 9.36 Å². The molecule has 0 saturated heterocycles. The van der Waals surface area contributed by atoms with Gasteiger partial charge in [-0.3, -0.25) is 9.36 Å². The zero-order valence-corrected chi connectivity index (χ0v) is 8.97. The lowest BCUT2D eigenvalue weighted by Crippen LogP contribution is -2.33. The van der Waals surface area contributed by atoms with Crippen LogP contribution in [0.15, 0.2) is 0 Å². The van der Waals surface area contributed by atoms with E-state index in [1.54, 1.807) is 0 Å². The number of carbonyl (C=O) groups excluding carboxylic acids is 1. The highest BCUT2D eigenvalue weighted by molar-refractivity contribution is 7.52. The second-order valence-electron chi connectivity index (χ2n) is 4.16. The average molecular weight is 209 g/mol. The minimum absolute atomic E-state index is 0.0788. The van der Waals surface area contributed by atoms with E-state index in [1.807, 2.05) is 20.8 Å². The first-order valence-corrected chi connectivity index (χ1v) is 5.71. The molecule has 0 aromatic heterocycles. The molecular formula is C7H16NO4P. The van der Waals surface area contributed by atoms with E-state index in [9.17, 15) is 9.36 Å². The third kappa shape index (κ3) is 9.53. The molecule has 0 aliphatic carbocycles. The lowest BCUT2D eigenvalue weighted by molar-refractivity contribution is -0.119. The molecule has 0 unspecified atom stereocenters. The summed E-state index contributed by atoms with van der Waals surface area (Å²) in [4.78, 5) is 27.8. The van der Waals surface area contributed by atoms with Crippen LogP contribution in [0.25, 0.3) is 0 Å². The van der Waals surface area contributed by atoms with Crippen LogP contribution >= 0.6 is 7.60 Å². The van der Waals surface area contributed by atoms with Crippen molar-refractivity contribution in [1.29, 1.82) is 0 Å². The Labute approximate surface area is 77.7 Å². The summed E-state index contributed by atoms with van der Waals surface area (Å²) >= 11 is 0. The highest BCUT2D eigenvalue weighted by Gasteiger charge is 2.20. The van der Waals surface area contributed by atoms with Crippen LogP contribution in [0.2, 0.25) is 0 Å². The number of rotatable bonds is 3. The zero-order valence-electron chi connectivity index (χ0n) is 8.07. The van der Waals surface area contributed by atoms with Gasteiger partial charge < -0.3 is 15.1 Å². The Balaban J connectivity index is 3.85. The molecule has 0 heterocycles. The Kier molecular flexibility index (Phi) is 4.10. The van der Waals surface area contributed by atoms with Crippen molar-refractivity contribution < 1.29 is 19.1 Å². The van der Waals surface area contributed by atoms with Gasteiger partial charge in [-0.15, -0.1) is 0 Å². The van der Waals surface area contributed by atoms with Gasteiger partial charge in [0.05, 0.1) is 0 Å². The van der Waals surface area contributed by atoms with Gasteiger partial charge in [-0.2, -0.15) is 0 Å². The van der Waals surface area contributed by atoms with E-state index >= 15 is 0 Å². The number of carbonyl (C=O) groups is 1. The second kappa shape index (κ2) is 4.22. The Morgan fingerprint density at radius 3 is 2.15 bits per heavy atom.